The van der Waals surface area contributed by atoms with E-state index >= 15 is 0 Å². The molecule has 1 heterocycles. The van der Waals surface area contributed by atoms with E-state index in [1.54, 1.807) is 4.68 Å². The van der Waals surface area contributed by atoms with Crippen LogP contribution < -0.4 is 10.6 Å². The molecular weight excluding hydrogens is 300 g/mol. The zero-order valence-corrected chi connectivity index (χ0v) is 13.4. The van der Waals surface area contributed by atoms with Crippen molar-refractivity contribution in [1.82, 2.24) is 15.1 Å². The number of carbonyl (C=O) groups excluding carboxylic acids is 1. The van der Waals surface area contributed by atoms with Crippen molar-refractivity contribution in [3.8, 4) is 0 Å². The number of halogens is 1. The van der Waals surface area contributed by atoms with Crippen LogP contribution in [0.25, 0.3) is 0 Å². The van der Waals surface area contributed by atoms with Gasteiger partial charge in [-0.2, -0.15) is 5.10 Å². The van der Waals surface area contributed by atoms with Gasteiger partial charge in [0.1, 0.15) is 5.82 Å². The van der Waals surface area contributed by atoms with Crippen LogP contribution in [0.1, 0.15) is 36.2 Å². The lowest BCUT2D eigenvalue weighted by molar-refractivity contribution is 0.248. The summed E-state index contributed by atoms with van der Waals surface area (Å²) in [6.07, 6.45) is 2.61. The molecule has 2 N–H and O–H groups in total. The first-order valence-electron chi connectivity index (χ1n) is 7.46. The maximum absolute atomic E-state index is 12.2. The molecule has 0 fully saturated rings. The third-order valence-corrected chi connectivity index (χ3v) is 4.41. The topological polar surface area (TPSA) is 59.0 Å². The standard InChI is InChI=1S/C16H19ClN4O/c1-3-10-9-15(21(2)20-10)19-16(22)18-14-8-7-11-12(14)5-4-6-13(11)17/h4-6,9,14H,3,7-8H2,1-2H3,(H2,18,19,22). The average Bonchev–Trinajstić information content (AvgIpc) is 3.05. The first kappa shape index (κ1) is 14.9. The SMILES string of the molecule is CCc1cc(NC(=O)NC2CCc3c(Cl)cccc32)n(C)n1. The van der Waals surface area contributed by atoms with Gasteiger partial charge in [-0.05, 0) is 36.5 Å². The number of nitrogens with zero attached hydrogens (tertiary/aromatic N) is 2. The number of benzene rings is 1. The molecule has 0 bridgehead atoms. The van der Waals surface area contributed by atoms with E-state index in [-0.39, 0.29) is 12.1 Å². The number of rotatable bonds is 3. The number of nitrogens with one attached hydrogen (secondary N) is 2. The van der Waals surface area contributed by atoms with Gasteiger partial charge in [0.25, 0.3) is 0 Å². The van der Waals surface area contributed by atoms with Crippen LogP contribution in [0.3, 0.4) is 0 Å². The number of aromatic nitrogens is 2. The van der Waals surface area contributed by atoms with Crippen molar-refractivity contribution in [2.45, 2.75) is 32.2 Å². The Balaban J connectivity index is 1.69. The minimum Gasteiger partial charge on any atom is -0.331 e. The fourth-order valence-corrected chi connectivity index (χ4v) is 3.16. The summed E-state index contributed by atoms with van der Waals surface area (Å²) in [5, 5.41) is 11.0. The molecule has 2 amide bonds. The van der Waals surface area contributed by atoms with Crippen molar-refractivity contribution in [3.63, 3.8) is 0 Å². The molecule has 1 unspecified atom stereocenters. The number of urea groups is 1. The molecule has 0 saturated heterocycles. The highest BCUT2D eigenvalue weighted by molar-refractivity contribution is 6.31. The van der Waals surface area contributed by atoms with Gasteiger partial charge in [-0.25, -0.2) is 4.79 Å². The van der Waals surface area contributed by atoms with Crippen LogP contribution >= 0.6 is 11.6 Å². The molecule has 0 radical (unpaired) electrons. The number of hydrogen-bond donors (Lipinski definition) is 2. The van der Waals surface area contributed by atoms with Crippen LogP contribution in [-0.4, -0.2) is 15.8 Å². The zero-order valence-electron chi connectivity index (χ0n) is 12.7. The minimum atomic E-state index is -0.219. The van der Waals surface area contributed by atoms with E-state index in [1.807, 2.05) is 38.2 Å². The number of aryl methyl sites for hydroxylation is 2. The number of hydrogen-bond acceptors (Lipinski definition) is 2. The lowest BCUT2D eigenvalue weighted by Crippen LogP contribution is -2.32. The van der Waals surface area contributed by atoms with Crippen LogP contribution in [0.4, 0.5) is 10.6 Å². The third-order valence-electron chi connectivity index (χ3n) is 4.05. The fourth-order valence-electron chi connectivity index (χ4n) is 2.89. The molecule has 22 heavy (non-hydrogen) atoms. The van der Waals surface area contributed by atoms with Crippen LogP contribution in [0.15, 0.2) is 24.3 Å². The minimum absolute atomic E-state index is 0.00701. The molecule has 1 atom stereocenters. The largest absolute Gasteiger partial charge is 0.331 e. The number of amides is 2. The lowest BCUT2D eigenvalue weighted by Gasteiger charge is -2.15. The van der Waals surface area contributed by atoms with E-state index in [4.69, 9.17) is 11.6 Å². The second-order valence-electron chi connectivity index (χ2n) is 5.50. The molecule has 1 aliphatic rings. The highest BCUT2D eigenvalue weighted by Crippen LogP contribution is 2.35. The van der Waals surface area contributed by atoms with Gasteiger partial charge in [0.15, 0.2) is 0 Å². The number of carbonyl (C=O) groups is 1. The van der Waals surface area contributed by atoms with Gasteiger partial charge in [-0.1, -0.05) is 30.7 Å². The van der Waals surface area contributed by atoms with Crippen LogP contribution in [0.5, 0.6) is 0 Å². The van der Waals surface area contributed by atoms with E-state index < -0.39 is 0 Å². The fraction of sp³-hybridized carbons (Fsp3) is 0.375. The summed E-state index contributed by atoms with van der Waals surface area (Å²) in [6.45, 7) is 2.03. The Morgan fingerprint density at radius 1 is 1.50 bits per heavy atom. The van der Waals surface area contributed by atoms with E-state index in [1.165, 1.54) is 0 Å². The quantitative estimate of drug-likeness (QED) is 0.910. The van der Waals surface area contributed by atoms with E-state index in [9.17, 15) is 4.79 Å². The predicted molar refractivity (Wildman–Crippen MR) is 87.3 cm³/mol. The Morgan fingerprint density at radius 3 is 3.05 bits per heavy atom. The summed E-state index contributed by atoms with van der Waals surface area (Å²) >= 11 is 6.20. The second-order valence-corrected chi connectivity index (χ2v) is 5.90. The zero-order chi connectivity index (χ0) is 15.7. The maximum Gasteiger partial charge on any atom is 0.320 e. The summed E-state index contributed by atoms with van der Waals surface area (Å²) in [4.78, 5) is 12.2. The molecule has 6 heteroatoms. The van der Waals surface area contributed by atoms with Crippen molar-refractivity contribution in [2.75, 3.05) is 5.32 Å². The van der Waals surface area contributed by atoms with Crippen LogP contribution in [0, 0.1) is 0 Å². The average molecular weight is 319 g/mol. The second kappa shape index (κ2) is 6.01. The maximum atomic E-state index is 12.2. The number of anilines is 1. The highest BCUT2D eigenvalue weighted by Gasteiger charge is 2.25. The van der Waals surface area contributed by atoms with Crippen molar-refractivity contribution in [2.24, 2.45) is 7.05 Å². The predicted octanol–water partition coefficient (Wildman–Crippen LogP) is 3.44. The monoisotopic (exact) mass is 318 g/mol. The Bertz CT molecular complexity index is 710. The van der Waals surface area contributed by atoms with Gasteiger partial charge >= 0.3 is 6.03 Å². The summed E-state index contributed by atoms with van der Waals surface area (Å²) in [7, 11) is 1.82. The van der Waals surface area contributed by atoms with Gasteiger partial charge in [-0.3, -0.25) is 10.00 Å². The van der Waals surface area contributed by atoms with Gasteiger partial charge in [0, 0.05) is 18.1 Å². The normalized spacial score (nSPS) is 16.4. The summed E-state index contributed by atoms with van der Waals surface area (Å²) in [6, 6.07) is 7.52. The van der Waals surface area contributed by atoms with E-state index in [0.29, 0.717) is 5.82 Å². The van der Waals surface area contributed by atoms with E-state index in [2.05, 4.69) is 15.7 Å². The van der Waals surface area contributed by atoms with Crippen molar-refractivity contribution in [3.05, 3.63) is 46.1 Å². The van der Waals surface area contributed by atoms with Gasteiger partial charge in [0.05, 0.1) is 11.7 Å². The Hall–Kier alpha value is -2.01. The first-order valence-corrected chi connectivity index (χ1v) is 7.84. The molecule has 2 aromatic rings. The summed E-state index contributed by atoms with van der Waals surface area (Å²) < 4.78 is 1.68. The Labute approximate surface area is 134 Å². The van der Waals surface area contributed by atoms with Gasteiger partial charge in [-0.15, -0.1) is 0 Å². The lowest BCUT2D eigenvalue weighted by atomic mass is 10.1. The van der Waals surface area contributed by atoms with Crippen molar-refractivity contribution in [1.29, 1.82) is 0 Å². The number of fused-ring (bicyclic) bond motifs is 1. The third kappa shape index (κ3) is 2.81. The first-order chi connectivity index (χ1) is 10.6. The van der Waals surface area contributed by atoms with Gasteiger partial charge < -0.3 is 5.32 Å². The molecule has 0 aliphatic heterocycles. The smallest absolute Gasteiger partial charge is 0.320 e. The Kier molecular flexibility index (Phi) is 4.07. The summed E-state index contributed by atoms with van der Waals surface area (Å²) in [5.41, 5.74) is 3.21. The molecule has 0 saturated carbocycles. The van der Waals surface area contributed by atoms with Crippen LogP contribution in [0.2, 0.25) is 5.02 Å². The van der Waals surface area contributed by atoms with Crippen molar-refractivity contribution < 1.29 is 4.79 Å². The van der Waals surface area contributed by atoms with Crippen LogP contribution in [-0.2, 0) is 19.9 Å². The molecule has 1 aromatic carbocycles. The highest BCUT2D eigenvalue weighted by atomic mass is 35.5. The van der Waals surface area contributed by atoms with Crippen molar-refractivity contribution >= 4 is 23.4 Å². The molecule has 5 nitrogen and oxygen atoms in total. The molecule has 1 aromatic heterocycles. The van der Waals surface area contributed by atoms with Gasteiger partial charge in [0.2, 0.25) is 0 Å². The summed E-state index contributed by atoms with van der Waals surface area (Å²) in [5.74, 6) is 0.693. The molecular formula is C16H19ClN4O. The Morgan fingerprint density at radius 2 is 2.32 bits per heavy atom. The molecule has 116 valence electrons. The molecule has 0 spiro atoms. The van der Waals surface area contributed by atoms with E-state index in [0.717, 1.165) is 41.1 Å². The molecule has 1 aliphatic carbocycles. The molecule has 3 rings (SSSR count).